The first-order chi connectivity index (χ1) is 8.95. The number of ether oxygens (including phenoxy) is 2. The van der Waals surface area contributed by atoms with Crippen LogP contribution in [0.5, 0.6) is 0 Å². The molecule has 1 aromatic rings. The number of nitrogens with zero attached hydrogens (tertiary/aromatic N) is 2. The Morgan fingerprint density at radius 3 is 2.53 bits per heavy atom. The van der Waals surface area contributed by atoms with Crippen molar-refractivity contribution in [2.75, 3.05) is 19.5 Å². The van der Waals surface area contributed by atoms with Crippen molar-refractivity contribution in [3.63, 3.8) is 0 Å². The van der Waals surface area contributed by atoms with Crippen LogP contribution < -0.4 is 5.73 Å². The Hall–Kier alpha value is -2.22. The van der Waals surface area contributed by atoms with Gasteiger partial charge in [0.15, 0.2) is 5.69 Å². The molecule has 2 rings (SSSR count). The molecule has 0 spiro atoms. The number of hydrogen-bond acceptors (Lipinski definition) is 7. The van der Waals surface area contributed by atoms with E-state index in [0.29, 0.717) is 6.10 Å². The van der Waals surface area contributed by atoms with Gasteiger partial charge < -0.3 is 15.2 Å². The average molecular weight is 269 g/mol. The number of nitrogen functional groups attached to an aromatic ring is 1. The maximum absolute atomic E-state index is 10.9. The number of anilines is 1. The van der Waals surface area contributed by atoms with Gasteiger partial charge >= 0.3 is 11.7 Å². The van der Waals surface area contributed by atoms with Crippen LogP contribution in [0.25, 0.3) is 0 Å². The molecule has 0 aliphatic carbocycles. The van der Waals surface area contributed by atoms with Gasteiger partial charge in [0, 0.05) is 12.7 Å². The molecule has 8 nitrogen and oxygen atoms in total. The number of aromatic nitrogens is 1. The predicted molar refractivity (Wildman–Crippen MR) is 66.7 cm³/mol. The summed E-state index contributed by atoms with van der Waals surface area (Å²) in [6, 6.07) is 2.29. The highest BCUT2D eigenvalue weighted by molar-refractivity contribution is 5.88. The first-order valence-corrected chi connectivity index (χ1v) is 5.56. The molecular formula is C11H15N3O5. The second-order valence-corrected chi connectivity index (χ2v) is 3.82. The van der Waals surface area contributed by atoms with Crippen LogP contribution in [-0.2, 0) is 9.47 Å². The van der Waals surface area contributed by atoms with E-state index in [1.165, 1.54) is 19.6 Å². The zero-order valence-corrected chi connectivity index (χ0v) is 10.7. The van der Waals surface area contributed by atoms with Crippen molar-refractivity contribution in [2.45, 2.75) is 19.4 Å². The maximum Gasteiger partial charge on any atom is 0.356 e. The first-order valence-electron chi connectivity index (χ1n) is 5.56. The van der Waals surface area contributed by atoms with Gasteiger partial charge in [-0.25, -0.2) is 9.78 Å². The van der Waals surface area contributed by atoms with Gasteiger partial charge in [0.05, 0.1) is 18.1 Å². The van der Waals surface area contributed by atoms with Crippen LogP contribution in [0.2, 0.25) is 0 Å². The van der Waals surface area contributed by atoms with E-state index in [1.54, 1.807) is 0 Å². The summed E-state index contributed by atoms with van der Waals surface area (Å²) in [6.45, 7) is 3.07. The minimum atomic E-state index is -0.688. The van der Waals surface area contributed by atoms with Crippen molar-refractivity contribution in [1.29, 1.82) is 0 Å². The minimum absolute atomic E-state index is 0.0596. The van der Waals surface area contributed by atoms with E-state index in [-0.39, 0.29) is 17.2 Å². The van der Waals surface area contributed by atoms with Crippen molar-refractivity contribution in [3.8, 4) is 0 Å². The van der Waals surface area contributed by atoms with Crippen LogP contribution in [0.1, 0.15) is 23.8 Å². The zero-order chi connectivity index (χ0) is 14.4. The lowest BCUT2D eigenvalue weighted by molar-refractivity contribution is -0.384. The van der Waals surface area contributed by atoms with Crippen molar-refractivity contribution in [1.82, 2.24) is 4.98 Å². The van der Waals surface area contributed by atoms with E-state index in [1.807, 2.05) is 0 Å². The fourth-order valence-electron chi connectivity index (χ4n) is 1.19. The Balaban J connectivity index is 0.000000300. The highest BCUT2D eigenvalue weighted by Gasteiger charge is 2.16. The summed E-state index contributed by atoms with van der Waals surface area (Å²) in [5.74, 6) is -0.996. The zero-order valence-electron chi connectivity index (χ0n) is 10.7. The summed E-state index contributed by atoms with van der Waals surface area (Å²) >= 11 is 0. The van der Waals surface area contributed by atoms with Gasteiger partial charge in [0.2, 0.25) is 5.82 Å². The molecule has 0 bridgehead atoms. The van der Waals surface area contributed by atoms with E-state index in [2.05, 4.69) is 16.6 Å². The molecule has 19 heavy (non-hydrogen) atoms. The Morgan fingerprint density at radius 2 is 2.21 bits per heavy atom. The van der Waals surface area contributed by atoms with Crippen LogP contribution in [0, 0.1) is 10.1 Å². The fourth-order valence-corrected chi connectivity index (χ4v) is 1.19. The fraction of sp³-hybridized carbons (Fsp3) is 0.455. The highest BCUT2D eigenvalue weighted by atomic mass is 16.6. The molecule has 1 saturated heterocycles. The molecule has 1 aliphatic heterocycles. The molecule has 0 radical (unpaired) electrons. The molecule has 8 heteroatoms. The van der Waals surface area contributed by atoms with Gasteiger partial charge in [0.1, 0.15) is 0 Å². The lowest BCUT2D eigenvalue weighted by atomic mass is 10.2. The van der Waals surface area contributed by atoms with Gasteiger partial charge in [-0.2, -0.15) is 0 Å². The molecule has 1 atom stereocenters. The van der Waals surface area contributed by atoms with E-state index < -0.39 is 10.9 Å². The topological polar surface area (TPSA) is 118 Å². The number of hydrogen-bond donors (Lipinski definition) is 1. The van der Waals surface area contributed by atoms with Crippen LogP contribution in [0.4, 0.5) is 11.5 Å². The first kappa shape index (κ1) is 14.8. The highest BCUT2D eigenvalue weighted by Crippen LogP contribution is 2.18. The van der Waals surface area contributed by atoms with Crippen LogP contribution >= 0.6 is 0 Å². The molecule has 0 aromatic carbocycles. The summed E-state index contributed by atoms with van der Waals surface area (Å²) in [7, 11) is 1.18. The number of carbonyl (C=O) groups excluding carboxylic acids is 1. The molecule has 0 unspecified atom stereocenters. The van der Waals surface area contributed by atoms with Crippen molar-refractivity contribution in [2.24, 2.45) is 0 Å². The van der Waals surface area contributed by atoms with Crippen LogP contribution in [0.3, 0.4) is 0 Å². The van der Waals surface area contributed by atoms with Gasteiger partial charge in [-0.15, -0.1) is 0 Å². The van der Waals surface area contributed by atoms with Gasteiger partial charge in [0.25, 0.3) is 0 Å². The number of pyridine rings is 1. The Kier molecular flexibility index (Phi) is 5.19. The van der Waals surface area contributed by atoms with Gasteiger partial charge in [-0.3, -0.25) is 10.1 Å². The second kappa shape index (κ2) is 6.64. The molecule has 1 aliphatic rings. The average Bonchev–Trinajstić information content (AvgIpc) is 2.35. The molecule has 0 amide bonds. The molecular weight excluding hydrogens is 254 g/mol. The van der Waals surface area contributed by atoms with Crippen LogP contribution in [-0.4, -0.2) is 35.7 Å². The van der Waals surface area contributed by atoms with Crippen molar-refractivity contribution >= 4 is 17.5 Å². The molecule has 2 N–H and O–H groups in total. The normalized spacial score (nSPS) is 16.6. The Bertz CT molecular complexity index is 473. The van der Waals surface area contributed by atoms with Crippen molar-refractivity contribution < 1.29 is 19.2 Å². The quantitative estimate of drug-likeness (QED) is 0.486. The number of carbonyl (C=O) groups is 1. The number of esters is 1. The molecule has 104 valence electrons. The third-order valence-electron chi connectivity index (χ3n) is 2.42. The summed E-state index contributed by atoms with van der Waals surface area (Å²) in [4.78, 5) is 24.1. The molecule has 2 heterocycles. The summed E-state index contributed by atoms with van der Waals surface area (Å²) in [5.41, 5.74) is 4.86. The molecule has 0 saturated carbocycles. The monoisotopic (exact) mass is 269 g/mol. The number of nitro groups is 1. The summed E-state index contributed by atoms with van der Waals surface area (Å²) in [5, 5.41) is 10.3. The maximum atomic E-state index is 10.9. The molecule has 1 fully saturated rings. The van der Waals surface area contributed by atoms with E-state index in [4.69, 9.17) is 10.5 Å². The summed E-state index contributed by atoms with van der Waals surface area (Å²) in [6.07, 6.45) is 1.83. The van der Waals surface area contributed by atoms with E-state index in [0.717, 1.165) is 12.7 Å². The minimum Gasteiger partial charge on any atom is -0.464 e. The van der Waals surface area contributed by atoms with Crippen molar-refractivity contribution in [3.05, 3.63) is 27.9 Å². The van der Waals surface area contributed by atoms with Gasteiger partial charge in [-0.1, -0.05) is 0 Å². The smallest absolute Gasteiger partial charge is 0.356 e. The van der Waals surface area contributed by atoms with Crippen LogP contribution in [0.15, 0.2) is 12.1 Å². The predicted octanol–water partition coefficient (Wildman–Crippen LogP) is 1.15. The lowest BCUT2D eigenvalue weighted by Crippen LogP contribution is -2.22. The number of nitrogens with two attached hydrogens (primary N) is 1. The number of rotatable bonds is 2. The standard InChI is InChI=1S/C7H7N3O4.C4H8O/c1-14-7(11)4-2-3-5(10(12)13)6(8)9-4;1-4-2-3-5-4/h2-3H,1H3,(H2,8,9);4H,2-3H2,1H3/t;4-/m.1/s1. The number of methoxy groups -OCH3 is 1. The Morgan fingerprint density at radius 1 is 1.63 bits per heavy atom. The SMILES string of the molecule is COC(=O)c1ccc([N+](=O)[O-])c(N)n1.C[C@@H]1CCO1. The largest absolute Gasteiger partial charge is 0.464 e. The second-order valence-electron chi connectivity index (χ2n) is 3.82. The third-order valence-corrected chi connectivity index (χ3v) is 2.42. The lowest BCUT2D eigenvalue weighted by Gasteiger charge is -2.20. The summed E-state index contributed by atoms with van der Waals surface area (Å²) < 4.78 is 9.30. The van der Waals surface area contributed by atoms with E-state index >= 15 is 0 Å². The van der Waals surface area contributed by atoms with E-state index in [9.17, 15) is 14.9 Å². The molecule has 1 aromatic heterocycles. The van der Waals surface area contributed by atoms with Gasteiger partial charge in [-0.05, 0) is 19.4 Å². The Labute approximate surface area is 109 Å². The third kappa shape index (κ3) is 4.18.